The van der Waals surface area contributed by atoms with Crippen LogP contribution >= 0.6 is 12.4 Å². The second-order valence-corrected chi connectivity index (χ2v) is 4.88. The third-order valence-electron chi connectivity index (χ3n) is 3.51. The number of hydrogen-bond donors (Lipinski definition) is 1. The Labute approximate surface area is 116 Å². The summed E-state index contributed by atoms with van der Waals surface area (Å²) in [6.45, 7) is 5.32. The van der Waals surface area contributed by atoms with Gasteiger partial charge in [0.1, 0.15) is 5.75 Å². The van der Waals surface area contributed by atoms with Crippen LogP contribution in [0.4, 0.5) is 0 Å². The third-order valence-corrected chi connectivity index (χ3v) is 3.51. The van der Waals surface area contributed by atoms with Crippen LogP contribution in [-0.4, -0.2) is 38.2 Å². The van der Waals surface area contributed by atoms with Crippen LogP contribution in [0, 0.1) is 6.92 Å². The van der Waals surface area contributed by atoms with E-state index in [0.29, 0.717) is 6.04 Å². The number of hydrogen-bond acceptors (Lipinski definition) is 3. The molecule has 1 aromatic rings. The summed E-state index contributed by atoms with van der Waals surface area (Å²) in [7, 11) is 3.94. The first-order chi connectivity index (χ1) is 8.20. The smallest absolute Gasteiger partial charge is 0.123 e. The number of aryl methyl sites for hydroxylation is 1. The van der Waals surface area contributed by atoms with Crippen LogP contribution in [0.5, 0.6) is 5.75 Å². The first kappa shape index (κ1) is 15.3. The molecule has 1 aromatic carbocycles. The van der Waals surface area contributed by atoms with Gasteiger partial charge in [-0.25, -0.2) is 0 Å². The highest BCUT2D eigenvalue weighted by atomic mass is 35.5. The van der Waals surface area contributed by atoms with Crippen LogP contribution in [-0.2, 0) is 6.54 Å². The van der Waals surface area contributed by atoms with Crippen LogP contribution in [0.15, 0.2) is 18.2 Å². The number of ether oxygens (including phenoxy) is 1. The highest BCUT2D eigenvalue weighted by Gasteiger charge is 2.19. The van der Waals surface area contributed by atoms with Crippen molar-refractivity contribution in [2.75, 3.05) is 27.2 Å². The fourth-order valence-corrected chi connectivity index (χ4v) is 2.44. The SMILES string of the molecule is COc1ccc(C)cc1CN(C)C1CCNC1.Cl. The summed E-state index contributed by atoms with van der Waals surface area (Å²) in [4.78, 5) is 2.41. The second-order valence-electron chi connectivity index (χ2n) is 4.88. The Hall–Kier alpha value is -0.770. The van der Waals surface area contributed by atoms with Gasteiger partial charge in [0.15, 0.2) is 0 Å². The molecule has 1 atom stereocenters. The lowest BCUT2D eigenvalue weighted by molar-refractivity contribution is 0.245. The molecule has 4 heteroatoms. The maximum atomic E-state index is 5.42. The topological polar surface area (TPSA) is 24.5 Å². The molecule has 0 aliphatic carbocycles. The zero-order valence-electron chi connectivity index (χ0n) is 11.4. The molecule has 1 fully saturated rings. The standard InChI is InChI=1S/C14H22N2O.ClH/c1-11-4-5-14(17-3)12(8-11)10-16(2)13-6-7-15-9-13;/h4-5,8,13,15H,6-7,9-10H2,1-3H3;1H. The summed E-state index contributed by atoms with van der Waals surface area (Å²) in [5.41, 5.74) is 2.57. The fraction of sp³-hybridized carbons (Fsp3) is 0.571. The predicted molar refractivity (Wildman–Crippen MR) is 77.7 cm³/mol. The number of nitrogens with one attached hydrogen (secondary N) is 1. The molecule has 102 valence electrons. The lowest BCUT2D eigenvalue weighted by atomic mass is 10.1. The van der Waals surface area contributed by atoms with Crippen LogP contribution in [0.25, 0.3) is 0 Å². The molecule has 0 bridgehead atoms. The van der Waals surface area contributed by atoms with Gasteiger partial charge in [-0.3, -0.25) is 4.90 Å². The van der Waals surface area contributed by atoms with E-state index in [1.807, 2.05) is 0 Å². The quantitative estimate of drug-likeness (QED) is 0.908. The van der Waals surface area contributed by atoms with E-state index in [-0.39, 0.29) is 12.4 Å². The summed E-state index contributed by atoms with van der Waals surface area (Å²) in [6.07, 6.45) is 1.24. The Bertz CT molecular complexity index is 378. The fourth-order valence-electron chi connectivity index (χ4n) is 2.44. The summed E-state index contributed by atoms with van der Waals surface area (Å²) in [5, 5.41) is 3.41. The molecular formula is C14H23ClN2O. The van der Waals surface area contributed by atoms with E-state index in [2.05, 4.69) is 42.4 Å². The second kappa shape index (κ2) is 6.98. The van der Waals surface area contributed by atoms with Crippen LogP contribution in [0.3, 0.4) is 0 Å². The molecule has 1 saturated heterocycles. The molecule has 1 aliphatic rings. The number of methoxy groups -OCH3 is 1. The maximum absolute atomic E-state index is 5.42. The lowest BCUT2D eigenvalue weighted by Gasteiger charge is -2.24. The van der Waals surface area contributed by atoms with E-state index in [4.69, 9.17) is 4.74 Å². The molecule has 1 aliphatic heterocycles. The zero-order valence-corrected chi connectivity index (χ0v) is 12.2. The van der Waals surface area contributed by atoms with Crippen LogP contribution in [0.1, 0.15) is 17.5 Å². The van der Waals surface area contributed by atoms with Gasteiger partial charge in [0, 0.05) is 24.7 Å². The van der Waals surface area contributed by atoms with Gasteiger partial charge in [-0.05, 0) is 33.0 Å². The van der Waals surface area contributed by atoms with Crippen LogP contribution < -0.4 is 10.1 Å². The minimum Gasteiger partial charge on any atom is -0.496 e. The van der Waals surface area contributed by atoms with Gasteiger partial charge in [-0.2, -0.15) is 0 Å². The van der Waals surface area contributed by atoms with E-state index in [1.165, 1.54) is 17.5 Å². The van der Waals surface area contributed by atoms with Crippen molar-refractivity contribution in [2.45, 2.75) is 25.9 Å². The van der Waals surface area contributed by atoms with E-state index >= 15 is 0 Å². The average molecular weight is 271 g/mol. The largest absolute Gasteiger partial charge is 0.496 e. The van der Waals surface area contributed by atoms with Gasteiger partial charge < -0.3 is 10.1 Å². The van der Waals surface area contributed by atoms with E-state index < -0.39 is 0 Å². The van der Waals surface area contributed by atoms with Gasteiger partial charge in [0.2, 0.25) is 0 Å². The van der Waals surface area contributed by atoms with Crippen molar-refractivity contribution in [1.29, 1.82) is 0 Å². The third kappa shape index (κ3) is 3.61. The molecule has 0 spiro atoms. The summed E-state index contributed by atoms with van der Waals surface area (Å²) >= 11 is 0. The average Bonchev–Trinajstić information content (AvgIpc) is 2.83. The van der Waals surface area contributed by atoms with Crippen molar-refractivity contribution < 1.29 is 4.74 Å². The van der Waals surface area contributed by atoms with Crippen molar-refractivity contribution in [3.63, 3.8) is 0 Å². The van der Waals surface area contributed by atoms with Crippen molar-refractivity contribution in [3.8, 4) is 5.75 Å². The Balaban J connectivity index is 0.00000162. The van der Waals surface area contributed by atoms with Gasteiger partial charge >= 0.3 is 0 Å². The molecular weight excluding hydrogens is 248 g/mol. The van der Waals surface area contributed by atoms with Gasteiger partial charge in [0.05, 0.1) is 7.11 Å². The minimum atomic E-state index is 0. The number of benzene rings is 1. The van der Waals surface area contributed by atoms with Gasteiger partial charge in [0.25, 0.3) is 0 Å². The van der Waals surface area contributed by atoms with E-state index in [0.717, 1.165) is 25.4 Å². The Morgan fingerprint density at radius 1 is 1.44 bits per heavy atom. The summed E-state index contributed by atoms with van der Waals surface area (Å²) in [5.74, 6) is 0.994. The van der Waals surface area contributed by atoms with Gasteiger partial charge in [-0.1, -0.05) is 17.7 Å². The highest BCUT2D eigenvalue weighted by Crippen LogP contribution is 2.22. The molecule has 18 heavy (non-hydrogen) atoms. The number of nitrogens with zero attached hydrogens (tertiary/aromatic N) is 1. The van der Waals surface area contributed by atoms with Crippen LogP contribution in [0.2, 0.25) is 0 Å². The number of rotatable bonds is 4. The molecule has 1 N–H and O–H groups in total. The normalized spacial score (nSPS) is 18.8. The van der Waals surface area contributed by atoms with Crippen molar-refractivity contribution >= 4 is 12.4 Å². The molecule has 0 aromatic heterocycles. The zero-order chi connectivity index (χ0) is 12.3. The number of halogens is 1. The number of likely N-dealkylation sites (N-methyl/N-ethyl adjacent to an activating group) is 1. The molecule has 1 heterocycles. The van der Waals surface area contributed by atoms with E-state index in [1.54, 1.807) is 7.11 Å². The monoisotopic (exact) mass is 270 g/mol. The Morgan fingerprint density at radius 2 is 2.22 bits per heavy atom. The molecule has 0 amide bonds. The maximum Gasteiger partial charge on any atom is 0.123 e. The summed E-state index contributed by atoms with van der Waals surface area (Å²) < 4.78 is 5.42. The van der Waals surface area contributed by atoms with Crippen molar-refractivity contribution in [1.82, 2.24) is 10.2 Å². The summed E-state index contributed by atoms with van der Waals surface area (Å²) in [6, 6.07) is 7.03. The molecule has 2 rings (SSSR count). The first-order valence-corrected chi connectivity index (χ1v) is 6.25. The molecule has 1 unspecified atom stereocenters. The van der Waals surface area contributed by atoms with Crippen molar-refractivity contribution in [3.05, 3.63) is 29.3 Å². The predicted octanol–water partition coefficient (Wildman–Crippen LogP) is 2.22. The van der Waals surface area contributed by atoms with Gasteiger partial charge in [-0.15, -0.1) is 12.4 Å². The molecule has 3 nitrogen and oxygen atoms in total. The first-order valence-electron chi connectivity index (χ1n) is 6.25. The lowest BCUT2D eigenvalue weighted by Crippen LogP contribution is -2.32. The van der Waals surface area contributed by atoms with E-state index in [9.17, 15) is 0 Å². The van der Waals surface area contributed by atoms with Crippen molar-refractivity contribution in [2.24, 2.45) is 0 Å². The highest BCUT2D eigenvalue weighted by molar-refractivity contribution is 5.85. The molecule has 0 radical (unpaired) electrons. The Morgan fingerprint density at radius 3 is 2.83 bits per heavy atom. The minimum absolute atomic E-state index is 0. The molecule has 0 saturated carbocycles. The Kier molecular flexibility index (Phi) is 5.93.